The molecule has 2 aromatic rings. The van der Waals surface area contributed by atoms with Gasteiger partial charge in [-0.3, -0.25) is 4.79 Å². The Bertz CT molecular complexity index is 656. The van der Waals surface area contributed by atoms with E-state index in [1.807, 2.05) is 18.4 Å². The molecule has 1 N–H and O–H groups in total. The molecule has 0 unspecified atom stereocenters. The van der Waals surface area contributed by atoms with Crippen molar-refractivity contribution in [2.45, 2.75) is 19.6 Å². The normalized spacial score (nSPS) is 11.3. The summed E-state index contributed by atoms with van der Waals surface area (Å²) in [6, 6.07) is 4.81. The number of nitrogens with zero attached hydrogens (tertiary/aromatic N) is 1. The summed E-state index contributed by atoms with van der Waals surface area (Å²) in [6.45, 7) is 0.617. The molecule has 22 heavy (non-hydrogen) atoms. The number of nitrogens with one attached hydrogen (secondary N) is 1. The van der Waals surface area contributed by atoms with Crippen LogP contribution in [0.15, 0.2) is 29.8 Å². The average molecular weight is 330 g/mol. The second-order valence-corrected chi connectivity index (χ2v) is 5.44. The predicted molar refractivity (Wildman–Crippen MR) is 76.0 cm³/mol. The van der Waals surface area contributed by atoms with Gasteiger partial charge in [-0.2, -0.15) is 13.2 Å². The highest BCUT2D eigenvalue weighted by atomic mass is 32.1. The van der Waals surface area contributed by atoms with E-state index in [1.165, 1.54) is 23.6 Å². The number of aromatic nitrogens is 1. The molecule has 0 aliphatic heterocycles. The number of carbonyl (C=O) groups excluding carboxylic acids is 1. The molecule has 0 saturated heterocycles. The molecule has 2 rings (SSSR count). The second-order valence-electron chi connectivity index (χ2n) is 4.52. The summed E-state index contributed by atoms with van der Waals surface area (Å²) in [5.41, 5.74) is 1.49. The zero-order chi connectivity index (χ0) is 16.2. The topological polar surface area (TPSA) is 51.2 Å². The van der Waals surface area contributed by atoms with Gasteiger partial charge in [0.05, 0.1) is 4.88 Å². The van der Waals surface area contributed by atoms with Gasteiger partial charge in [0, 0.05) is 18.8 Å². The molecule has 0 aromatic carbocycles. The van der Waals surface area contributed by atoms with E-state index in [9.17, 15) is 18.0 Å². The molecule has 0 spiro atoms. The van der Waals surface area contributed by atoms with E-state index in [4.69, 9.17) is 0 Å². The molecule has 2 aromatic heterocycles. The van der Waals surface area contributed by atoms with Gasteiger partial charge in [0.1, 0.15) is 0 Å². The fraction of sp³-hybridized carbons (Fsp3) is 0.286. The lowest BCUT2D eigenvalue weighted by Gasteiger charge is -2.09. The van der Waals surface area contributed by atoms with Crippen molar-refractivity contribution in [2.24, 2.45) is 0 Å². The van der Waals surface area contributed by atoms with Crippen LogP contribution in [0.3, 0.4) is 0 Å². The van der Waals surface area contributed by atoms with Crippen molar-refractivity contribution in [3.05, 3.63) is 45.8 Å². The number of alkyl halides is 3. The Balaban J connectivity index is 1.93. The maximum absolute atomic E-state index is 12.1. The minimum Gasteiger partial charge on any atom is -0.468 e. The number of ether oxygens (including phenoxy) is 1. The van der Waals surface area contributed by atoms with E-state index in [0.717, 1.165) is 5.56 Å². The van der Waals surface area contributed by atoms with Crippen molar-refractivity contribution in [1.29, 1.82) is 0 Å². The first-order valence-electron chi connectivity index (χ1n) is 6.32. The Morgan fingerprint density at radius 1 is 1.41 bits per heavy atom. The van der Waals surface area contributed by atoms with Crippen molar-refractivity contribution in [2.75, 3.05) is 6.61 Å². The fourth-order valence-corrected chi connectivity index (χ4v) is 2.50. The van der Waals surface area contributed by atoms with Crippen LogP contribution < -0.4 is 10.1 Å². The summed E-state index contributed by atoms with van der Waals surface area (Å²) in [7, 11) is 0. The van der Waals surface area contributed by atoms with Crippen molar-refractivity contribution in [1.82, 2.24) is 10.3 Å². The van der Waals surface area contributed by atoms with Gasteiger partial charge in [-0.25, -0.2) is 4.98 Å². The summed E-state index contributed by atoms with van der Waals surface area (Å²) in [5.74, 6) is -0.349. The zero-order valence-corrected chi connectivity index (χ0v) is 12.4. The van der Waals surface area contributed by atoms with Gasteiger partial charge in [-0.1, -0.05) is 0 Å². The van der Waals surface area contributed by atoms with Crippen LogP contribution >= 0.6 is 11.3 Å². The Morgan fingerprint density at radius 2 is 2.18 bits per heavy atom. The zero-order valence-electron chi connectivity index (χ0n) is 11.6. The van der Waals surface area contributed by atoms with Gasteiger partial charge in [0.15, 0.2) is 6.61 Å². The molecular formula is C14H13F3N2O2S. The van der Waals surface area contributed by atoms with Crippen LogP contribution in [0.4, 0.5) is 13.2 Å². The van der Waals surface area contributed by atoms with Crippen LogP contribution in [-0.4, -0.2) is 23.7 Å². The lowest BCUT2D eigenvalue weighted by Crippen LogP contribution is -2.23. The van der Waals surface area contributed by atoms with E-state index in [0.29, 0.717) is 10.4 Å². The maximum atomic E-state index is 12.1. The minimum atomic E-state index is -4.41. The molecule has 0 radical (unpaired) electrons. The molecular weight excluding hydrogens is 317 g/mol. The number of thiophene rings is 1. The van der Waals surface area contributed by atoms with Crippen molar-refractivity contribution in [3.8, 4) is 5.88 Å². The van der Waals surface area contributed by atoms with Crippen LogP contribution in [0, 0.1) is 6.92 Å². The summed E-state index contributed by atoms with van der Waals surface area (Å²) in [6.07, 6.45) is -3.08. The Labute approximate surface area is 128 Å². The minimum absolute atomic E-state index is 0.128. The van der Waals surface area contributed by atoms with Gasteiger partial charge in [-0.05, 0) is 35.6 Å². The number of hydrogen-bond acceptors (Lipinski definition) is 4. The summed E-state index contributed by atoms with van der Waals surface area (Å²) >= 11 is 1.33. The molecule has 0 saturated carbocycles. The van der Waals surface area contributed by atoms with Crippen molar-refractivity contribution >= 4 is 17.2 Å². The number of carbonyl (C=O) groups is 1. The molecule has 8 heteroatoms. The van der Waals surface area contributed by atoms with Gasteiger partial charge >= 0.3 is 6.18 Å². The largest absolute Gasteiger partial charge is 0.468 e. The van der Waals surface area contributed by atoms with Gasteiger partial charge in [-0.15, -0.1) is 11.3 Å². The van der Waals surface area contributed by atoms with Crippen molar-refractivity contribution < 1.29 is 22.7 Å². The van der Waals surface area contributed by atoms with E-state index in [-0.39, 0.29) is 18.3 Å². The van der Waals surface area contributed by atoms with Crippen LogP contribution in [0.2, 0.25) is 0 Å². The standard InChI is InChI=1S/C14H13F3N2O2S/c1-9-3-5-22-12(9)13(20)19-7-10-2-4-18-11(6-10)21-8-14(15,16)17/h2-6H,7-8H2,1H3,(H,19,20). The molecule has 2 heterocycles. The lowest BCUT2D eigenvalue weighted by atomic mass is 10.2. The van der Waals surface area contributed by atoms with E-state index in [1.54, 1.807) is 6.07 Å². The molecule has 118 valence electrons. The Hall–Kier alpha value is -2.09. The summed E-state index contributed by atoms with van der Waals surface area (Å²) in [5, 5.41) is 4.53. The number of amides is 1. The first-order chi connectivity index (χ1) is 10.3. The predicted octanol–water partition coefficient (Wildman–Crippen LogP) is 3.32. The SMILES string of the molecule is Cc1ccsc1C(=O)NCc1ccnc(OCC(F)(F)F)c1. The van der Waals surface area contributed by atoms with Gasteiger partial charge in [0.25, 0.3) is 5.91 Å². The Morgan fingerprint density at radius 3 is 2.82 bits per heavy atom. The second kappa shape index (κ2) is 6.78. The number of pyridine rings is 1. The van der Waals surface area contributed by atoms with E-state index >= 15 is 0 Å². The third kappa shape index (κ3) is 4.73. The van der Waals surface area contributed by atoms with E-state index < -0.39 is 12.8 Å². The Kier molecular flexibility index (Phi) is 5.02. The molecule has 0 bridgehead atoms. The average Bonchev–Trinajstić information content (AvgIpc) is 2.89. The van der Waals surface area contributed by atoms with Crippen LogP contribution in [0.25, 0.3) is 0 Å². The van der Waals surface area contributed by atoms with E-state index in [2.05, 4.69) is 15.0 Å². The number of rotatable bonds is 5. The third-order valence-corrected chi connectivity index (χ3v) is 3.72. The molecule has 4 nitrogen and oxygen atoms in total. The molecule has 1 amide bonds. The highest BCUT2D eigenvalue weighted by Crippen LogP contribution is 2.18. The van der Waals surface area contributed by atoms with Crippen LogP contribution in [0.5, 0.6) is 5.88 Å². The van der Waals surface area contributed by atoms with Gasteiger partial charge in [0.2, 0.25) is 5.88 Å². The monoisotopic (exact) mass is 330 g/mol. The smallest absolute Gasteiger partial charge is 0.422 e. The first-order valence-corrected chi connectivity index (χ1v) is 7.20. The third-order valence-electron chi connectivity index (χ3n) is 2.70. The van der Waals surface area contributed by atoms with Crippen LogP contribution in [-0.2, 0) is 6.54 Å². The molecule has 0 aliphatic carbocycles. The highest BCUT2D eigenvalue weighted by molar-refractivity contribution is 7.12. The number of halogens is 3. The maximum Gasteiger partial charge on any atom is 0.422 e. The summed E-state index contributed by atoms with van der Waals surface area (Å²) < 4.78 is 40.8. The molecule has 0 aliphatic rings. The summed E-state index contributed by atoms with van der Waals surface area (Å²) in [4.78, 5) is 16.3. The highest BCUT2D eigenvalue weighted by Gasteiger charge is 2.28. The lowest BCUT2D eigenvalue weighted by molar-refractivity contribution is -0.154. The number of aryl methyl sites for hydroxylation is 1. The quantitative estimate of drug-likeness (QED) is 0.915. The van der Waals surface area contributed by atoms with Crippen LogP contribution in [0.1, 0.15) is 20.8 Å². The molecule has 0 atom stereocenters. The van der Waals surface area contributed by atoms with Gasteiger partial charge < -0.3 is 10.1 Å². The molecule has 0 fully saturated rings. The first kappa shape index (κ1) is 16.3. The van der Waals surface area contributed by atoms with Crippen molar-refractivity contribution in [3.63, 3.8) is 0 Å². The number of hydrogen-bond donors (Lipinski definition) is 1. The fourth-order valence-electron chi connectivity index (χ4n) is 1.66.